The molecule has 0 spiro atoms. The summed E-state index contributed by atoms with van der Waals surface area (Å²) >= 11 is 0. The Bertz CT molecular complexity index is 152. The second-order valence-electron chi connectivity index (χ2n) is 2.00. The van der Waals surface area contributed by atoms with Crippen LogP contribution in [-0.4, -0.2) is 5.78 Å². The van der Waals surface area contributed by atoms with Crippen molar-refractivity contribution in [1.82, 2.24) is 0 Å². The van der Waals surface area contributed by atoms with Gasteiger partial charge < -0.3 is 0 Å². The fraction of sp³-hybridized carbons (Fsp3) is 0.375. The van der Waals surface area contributed by atoms with Crippen molar-refractivity contribution in [2.24, 2.45) is 0 Å². The normalized spacial score (nSPS) is 12.6. The van der Waals surface area contributed by atoms with Gasteiger partial charge in [0.25, 0.3) is 0 Å². The average molecular weight is 124 g/mol. The van der Waals surface area contributed by atoms with Crippen LogP contribution in [0.15, 0.2) is 23.8 Å². The van der Waals surface area contributed by atoms with Crippen molar-refractivity contribution in [2.75, 3.05) is 0 Å². The molecule has 0 radical (unpaired) electrons. The van der Waals surface area contributed by atoms with Gasteiger partial charge in [-0.3, -0.25) is 4.79 Å². The third-order valence-electron chi connectivity index (χ3n) is 0.860. The summed E-state index contributed by atoms with van der Waals surface area (Å²) in [5.74, 6) is 0.102. The van der Waals surface area contributed by atoms with Gasteiger partial charge in [-0.05, 0) is 32.4 Å². The number of allylic oxidation sites excluding steroid dienone is 4. The van der Waals surface area contributed by atoms with Crippen molar-refractivity contribution in [2.45, 2.75) is 20.8 Å². The molecule has 0 aliphatic heterocycles. The van der Waals surface area contributed by atoms with Crippen molar-refractivity contribution in [3.05, 3.63) is 23.8 Å². The predicted octanol–water partition coefficient (Wildman–Crippen LogP) is 2.10. The molecule has 0 aromatic carbocycles. The Morgan fingerprint density at radius 3 is 2.22 bits per heavy atom. The summed E-state index contributed by atoms with van der Waals surface area (Å²) in [6, 6.07) is 0. The first-order valence-electron chi connectivity index (χ1n) is 2.98. The third-order valence-corrected chi connectivity index (χ3v) is 0.860. The van der Waals surface area contributed by atoms with Gasteiger partial charge in [-0.25, -0.2) is 0 Å². The lowest BCUT2D eigenvalue weighted by Gasteiger charge is -1.85. The number of hydrogen-bond acceptors (Lipinski definition) is 1. The lowest BCUT2D eigenvalue weighted by Crippen LogP contribution is -1.81. The minimum absolute atomic E-state index is 0.102. The minimum Gasteiger partial charge on any atom is -0.295 e. The monoisotopic (exact) mass is 124 g/mol. The van der Waals surface area contributed by atoms with Gasteiger partial charge in [-0.15, -0.1) is 0 Å². The second-order valence-corrected chi connectivity index (χ2v) is 2.00. The zero-order valence-electron chi connectivity index (χ0n) is 6.14. The molecule has 50 valence electrons. The first-order valence-corrected chi connectivity index (χ1v) is 2.98. The van der Waals surface area contributed by atoms with Gasteiger partial charge in [0.1, 0.15) is 0 Å². The largest absolute Gasteiger partial charge is 0.295 e. The highest BCUT2D eigenvalue weighted by Gasteiger charge is 1.83. The molecule has 1 nitrogen and oxygen atoms in total. The molecule has 0 aliphatic rings. The van der Waals surface area contributed by atoms with E-state index in [4.69, 9.17) is 0 Å². The molecule has 9 heavy (non-hydrogen) atoms. The van der Waals surface area contributed by atoms with Gasteiger partial charge in [-0.2, -0.15) is 0 Å². The lowest BCUT2D eigenvalue weighted by atomic mass is 10.2. The van der Waals surface area contributed by atoms with Crippen LogP contribution in [0.5, 0.6) is 0 Å². The zero-order chi connectivity index (χ0) is 7.28. The van der Waals surface area contributed by atoms with E-state index in [1.807, 2.05) is 26.0 Å². The van der Waals surface area contributed by atoms with Crippen LogP contribution in [0.4, 0.5) is 0 Å². The van der Waals surface area contributed by atoms with Crippen molar-refractivity contribution < 1.29 is 4.79 Å². The lowest BCUT2D eigenvalue weighted by molar-refractivity contribution is -0.112. The first-order chi connectivity index (χ1) is 4.16. The maximum Gasteiger partial charge on any atom is 0.152 e. The van der Waals surface area contributed by atoms with Gasteiger partial charge in [0.15, 0.2) is 5.78 Å². The maximum absolute atomic E-state index is 10.4. The number of carbonyl (C=O) groups is 1. The molecule has 0 atom stereocenters. The van der Waals surface area contributed by atoms with E-state index in [9.17, 15) is 4.79 Å². The Kier molecular flexibility index (Phi) is 3.69. The van der Waals surface area contributed by atoms with E-state index in [-0.39, 0.29) is 5.78 Å². The minimum atomic E-state index is 0.102. The van der Waals surface area contributed by atoms with Crippen LogP contribution in [0.2, 0.25) is 0 Å². The topological polar surface area (TPSA) is 17.1 Å². The van der Waals surface area contributed by atoms with Crippen LogP contribution in [0.3, 0.4) is 0 Å². The van der Waals surface area contributed by atoms with Crippen molar-refractivity contribution >= 4 is 5.78 Å². The first kappa shape index (κ1) is 8.15. The van der Waals surface area contributed by atoms with E-state index < -0.39 is 0 Å². The molecule has 1 heteroatoms. The number of ketones is 1. The molecule has 0 aromatic rings. The molecule has 0 fully saturated rings. The SMILES string of the molecule is CC=C/C(C)=C\C(C)=O. The van der Waals surface area contributed by atoms with Gasteiger partial charge in [-0.1, -0.05) is 12.2 Å². The highest BCUT2D eigenvalue weighted by molar-refractivity contribution is 5.88. The molecular formula is C8H12O. The van der Waals surface area contributed by atoms with Gasteiger partial charge in [0.2, 0.25) is 0 Å². The molecular weight excluding hydrogens is 112 g/mol. The van der Waals surface area contributed by atoms with Crippen LogP contribution in [0.25, 0.3) is 0 Å². The average Bonchev–Trinajstić information content (AvgIpc) is 1.63. The molecule has 0 unspecified atom stereocenters. The summed E-state index contributed by atoms with van der Waals surface area (Å²) in [6.07, 6.45) is 5.43. The molecule has 0 saturated carbocycles. The number of hydrogen-bond donors (Lipinski definition) is 0. The summed E-state index contributed by atoms with van der Waals surface area (Å²) in [7, 11) is 0. The van der Waals surface area contributed by atoms with Crippen LogP contribution < -0.4 is 0 Å². The summed E-state index contributed by atoms with van der Waals surface area (Å²) in [5.41, 5.74) is 1.00. The van der Waals surface area contributed by atoms with Crippen LogP contribution in [0, 0.1) is 0 Å². The van der Waals surface area contributed by atoms with Crippen LogP contribution in [-0.2, 0) is 4.79 Å². The maximum atomic E-state index is 10.4. The summed E-state index contributed by atoms with van der Waals surface area (Å²) in [6.45, 7) is 5.38. The fourth-order valence-corrected chi connectivity index (χ4v) is 0.632. The summed E-state index contributed by atoms with van der Waals surface area (Å²) in [4.78, 5) is 10.4. The Balaban J connectivity index is 4.00. The quantitative estimate of drug-likeness (QED) is 0.407. The predicted molar refractivity (Wildman–Crippen MR) is 39.3 cm³/mol. The molecule has 0 amide bonds. The zero-order valence-corrected chi connectivity index (χ0v) is 6.14. The van der Waals surface area contributed by atoms with Crippen molar-refractivity contribution in [3.8, 4) is 0 Å². The second kappa shape index (κ2) is 4.07. The molecule has 0 N–H and O–H groups in total. The Morgan fingerprint density at radius 1 is 1.33 bits per heavy atom. The van der Waals surface area contributed by atoms with E-state index in [0.29, 0.717) is 0 Å². The van der Waals surface area contributed by atoms with Gasteiger partial charge >= 0.3 is 0 Å². The Labute approximate surface area is 56.1 Å². The molecule has 0 heterocycles. The number of carbonyl (C=O) groups excluding carboxylic acids is 1. The van der Waals surface area contributed by atoms with Crippen LogP contribution in [0.1, 0.15) is 20.8 Å². The molecule has 0 aliphatic carbocycles. The van der Waals surface area contributed by atoms with E-state index in [2.05, 4.69) is 0 Å². The third kappa shape index (κ3) is 5.01. The summed E-state index contributed by atoms with van der Waals surface area (Å²) in [5, 5.41) is 0. The smallest absolute Gasteiger partial charge is 0.152 e. The molecule has 0 aromatic heterocycles. The fourth-order valence-electron chi connectivity index (χ4n) is 0.632. The van der Waals surface area contributed by atoms with Crippen molar-refractivity contribution in [3.63, 3.8) is 0 Å². The summed E-state index contributed by atoms with van der Waals surface area (Å²) < 4.78 is 0. The highest BCUT2D eigenvalue weighted by atomic mass is 16.1. The Morgan fingerprint density at radius 2 is 1.89 bits per heavy atom. The van der Waals surface area contributed by atoms with Gasteiger partial charge in [0, 0.05) is 0 Å². The highest BCUT2D eigenvalue weighted by Crippen LogP contribution is 1.93. The molecule has 0 bridgehead atoms. The van der Waals surface area contributed by atoms with E-state index in [0.717, 1.165) is 5.57 Å². The van der Waals surface area contributed by atoms with E-state index >= 15 is 0 Å². The number of rotatable bonds is 2. The standard InChI is InChI=1S/C8H12O/c1-4-5-7(2)6-8(3)9/h4-6H,1-3H3/b5-4?,7-6-. The van der Waals surface area contributed by atoms with Crippen LogP contribution >= 0.6 is 0 Å². The van der Waals surface area contributed by atoms with Gasteiger partial charge in [0.05, 0.1) is 0 Å². The van der Waals surface area contributed by atoms with Crippen molar-refractivity contribution in [1.29, 1.82) is 0 Å². The molecule has 0 saturated heterocycles. The van der Waals surface area contributed by atoms with E-state index in [1.54, 1.807) is 13.0 Å². The molecule has 0 rings (SSSR count). The Hall–Kier alpha value is -0.850. The van der Waals surface area contributed by atoms with E-state index in [1.165, 1.54) is 0 Å².